The summed E-state index contributed by atoms with van der Waals surface area (Å²) in [5.41, 5.74) is 0.754. The molecule has 0 aliphatic carbocycles. The zero-order valence-corrected chi connectivity index (χ0v) is 12.1. The number of likely N-dealkylation sites (N-methyl/N-ethyl adjacent to an activating group) is 1. The Hall–Kier alpha value is -0.620. The van der Waals surface area contributed by atoms with Gasteiger partial charge in [0.15, 0.2) is 0 Å². The highest BCUT2D eigenvalue weighted by atomic mass is 127. The standard InChI is InChI=1S/C12H17IN2O/c1-15(2,3)9-8-14-12(16)10-6-4-5-7-11(10)13/h4-7H,8-9H2,1-3H3/p+1. The first-order chi connectivity index (χ1) is 7.40. The van der Waals surface area contributed by atoms with Crippen LogP contribution in [0, 0.1) is 3.57 Å². The third-order valence-electron chi connectivity index (χ3n) is 2.19. The van der Waals surface area contributed by atoms with Gasteiger partial charge in [0, 0.05) is 3.57 Å². The van der Waals surface area contributed by atoms with E-state index in [1.165, 1.54) is 0 Å². The second-order valence-corrected chi connectivity index (χ2v) is 5.91. The Labute approximate surface area is 111 Å². The van der Waals surface area contributed by atoms with Gasteiger partial charge in [0.05, 0.1) is 39.8 Å². The molecule has 16 heavy (non-hydrogen) atoms. The number of rotatable bonds is 4. The van der Waals surface area contributed by atoms with Crippen molar-refractivity contribution in [1.82, 2.24) is 5.32 Å². The molecule has 1 aromatic rings. The van der Waals surface area contributed by atoms with Crippen LogP contribution in [0.1, 0.15) is 10.4 Å². The maximum atomic E-state index is 11.8. The van der Waals surface area contributed by atoms with Gasteiger partial charge in [0.2, 0.25) is 0 Å². The first-order valence-electron chi connectivity index (χ1n) is 5.23. The first kappa shape index (κ1) is 13.4. The van der Waals surface area contributed by atoms with Gasteiger partial charge in [-0.1, -0.05) is 12.1 Å². The second-order valence-electron chi connectivity index (χ2n) is 4.75. The van der Waals surface area contributed by atoms with Gasteiger partial charge >= 0.3 is 0 Å². The van der Waals surface area contributed by atoms with Crippen LogP contribution >= 0.6 is 22.6 Å². The molecule has 0 radical (unpaired) electrons. The Morgan fingerprint density at radius 2 is 1.94 bits per heavy atom. The number of nitrogens with one attached hydrogen (secondary N) is 1. The molecule has 0 saturated heterocycles. The minimum atomic E-state index is 0.0125. The van der Waals surface area contributed by atoms with Gasteiger partial charge in [-0.15, -0.1) is 0 Å². The molecule has 3 nitrogen and oxygen atoms in total. The molecule has 0 atom stereocenters. The lowest BCUT2D eigenvalue weighted by molar-refractivity contribution is -0.869. The molecule has 4 heteroatoms. The lowest BCUT2D eigenvalue weighted by Gasteiger charge is -2.23. The van der Waals surface area contributed by atoms with Crippen molar-refractivity contribution in [2.24, 2.45) is 0 Å². The van der Waals surface area contributed by atoms with Gasteiger partial charge in [-0.3, -0.25) is 4.79 Å². The van der Waals surface area contributed by atoms with Crippen molar-refractivity contribution < 1.29 is 9.28 Å². The van der Waals surface area contributed by atoms with Crippen LogP contribution in [-0.2, 0) is 0 Å². The largest absolute Gasteiger partial charge is 0.346 e. The quantitative estimate of drug-likeness (QED) is 0.660. The third kappa shape index (κ3) is 4.49. The topological polar surface area (TPSA) is 29.1 Å². The number of amides is 1. The molecule has 1 N–H and O–H groups in total. The SMILES string of the molecule is C[N+](C)(C)CCNC(=O)c1ccccc1I. The summed E-state index contributed by atoms with van der Waals surface area (Å²) in [6, 6.07) is 7.61. The lowest BCUT2D eigenvalue weighted by Crippen LogP contribution is -2.42. The fourth-order valence-corrected chi connectivity index (χ4v) is 1.88. The summed E-state index contributed by atoms with van der Waals surface area (Å²) >= 11 is 2.18. The van der Waals surface area contributed by atoms with Gasteiger partial charge in [0.25, 0.3) is 5.91 Å². The zero-order valence-electron chi connectivity index (χ0n) is 9.96. The molecule has 0 spiro atoms. The minimum Gasteiger partial charge on any atom is -0.346 e. The Kier molecular flexibility index (Phi) is 4.73. The van der Waals surface area contributed by atoms with E-state index in [-0.39, 0.29) is 5.91 Å². The summed E-state index contributed by atoms with van der Waals surface area (Å²) in [5.74, 6) is 0.0125. The van der Waals surface area contributed by atoms with Crippen LogP contribution in [0.3, 0.4) is 0 Å². The molecule has 0 heterocycles. The van der Waals surface area contributed by atoms with E-state index in [1.807, 2.05) is 24.3 Å². The molecule has 0 aliphatic rings. The number of carbonyl (C=O) groups excluding carboxylic acids is 1. The van der Waals surface area contributed by atoms with Crippen LogP contribution in [0.5, 0.6) is 0 Å². The molecule has 0 saturated carbocycles. The van der Waals surface area contributed by atoms with Gasteiger partial charge in [-0.25, -0.2) is 0 Å². The molecular formula is C12H18IN2O+. The molecule has 1 aromatic carbocycles. The van der Waals surface area contributed by atoms with E-state index in [0.29, 0.717) is 6.54 Å². The Morgan fingerprint density at radius 3 is 2.50 bits per heavy atom. The second kappa shape index (κ2) is 5.63. The number of benzene rings is 1. The summed E-state index contributed by atoms with van der Waals surface area (Å²) in [4.78, 5) is 11.8. The van der Waals surface area contributed by atoms with E-state index in [9.17, 15) is 4.79 Å². The molecule has 0 fully saturated rings. The smallest absolute Gasteiger partial charge is 0.252 e. The zero-order chi connectivity index (χ0) is 12.2. The predicted octanol–water partition coefficient (Wildman–Crippen LogP) is 1.73. The number of halogens is 1. The van der Waals surface area contributed by atoms with Crippen LogP contribution in [0.4, 0.5) is 0 Å². The van der Waals surface area contributed by atoms with Crippen molar-refractivity contribution in [2.45, 2.75) is 0 Å². The summed E-state index contributed by atoms with van der Waals surface area (Å²) in [6.45, 7) is 1.63. The molecular weight excluding hydrogens is 315 g/mol. The van der Waals surface area contributed by atoms with E-state index < -0.39 is 0 Å². The number of nitrogens with zero attached hydrogens (tertiary/aromatic N) is 1. The van der Waals surface area contributed by atoms with Crippen molar-refractivity contribution in [1.29, 1.82) is 0 Å². The normalized spacial score (nSPS) is 11.2. The van der Waals surface area contributed by atoms with Crippen LogP contribution in [0.25, 0.3) is 0 Å². The maximum Gasteiger partial charge on any atom is 0.252 e. The number of quaternary nitrogens is 1. The van der Waals surface area contributed by atoms with Crippen LogP contribution in [0.2, 0.25) is 0 Å². The van der Waals surface area contributed by atoms with Gasteiger partial charge < -0.3 is 9.80 Å². The summed E-state index contributed by atoms with van der Waals surface area (Å²) in [5, 5.41) is 2.94. The maximum absolute atomic E-state index is 11.8. The molecule has 1 amide bonds. The van der Waals surface area contributed by atoms with Crippen molar-refractivity contribution in [2.75, 3.05) is 34.2 Å². The number of carbonyl (C=O) groups is 1. The Balaban J connectivity index is 2.51. The molecule has 0 bridgehead atoms. The van der Waals surface area contributed by atoms with Gasteiger partial charge in [0.1, 0.15) is 0 Å². The van der Waals surface area contributed by atoms with E-state index in [2.05, 4.69) is 49.1 Å². The molecule has 0 aliphatic heterocycles. The predicted molar refractivity (Wildman–Crippen MR) is 74.4 cm³/mol. The molecule has 1 rings (SSSR count). The molecule has 0 unspecified atom stereocenters. The van der Waals surface area contributed by atoms with E-state index in [0.717, 1.165) is 20.2 Å². The van der Waals surface area contributed by atoms with E-state index >= 15 is 0 Å². The van der Waals surface area contributed by atoms with Crippen LogP contribution in [0.15, 0.2) is 24.3 Å². The van der Waals surface area contributed by atoms with Crippen LogP contribution < -0.4 is 5.32 Å². The van der Waals surface area contributed by atoms with Gasteiger partial charge in [-0.2, -0.15) is 0 Å². The molecule has 88 valence electrons. The lowest BCUT2D eigenvalue weighted by atomic mass is 10.2. The first-order valence-corrected chi connectivity index (χ1v) is 6.31. The van der Waals surface area contributed by atoms with E-state index in [4.69, 9.17) is 0 Å². The van der Waals surface area contributed by atoms with Gasteiger partial charge in [-0.05, 0) is 34.7 Å². The highest BCUT2D eigenvalue weighted by Gasteiger charge is 2.11. The molecule has 0 aromatic heterocycles. The highest BCUT2D eigenvalue weighted by Crippen LogP contribution is 2.10. The fraction of sp³-hybridized carbons (Fsp3) is 0.417. The number of hydrogen-bond acceptors (Lipinski definition) is 1. The average molecular weight is 333 g/mol. The fourth-order valence-electron chi connectivity index (χ4n) is 1.25. The number of hydrogen-bond donors (Lipinski definition) is 1. The van der Waals surface area contributed by atoms with Crippen molar-refractivity contribution in [3.05, 3.63) is 33.4 Å². The van der Waals surface area contributed by atoms with Crippen LogP contribution in [-0.4, -0.2) is 44.6 Å². The Bertz CT molecular complexity index is 372. The van der Waals surface area contributed by atoms with E-state index in [1.54, 1.807) is 0 Å². The highest BCUT2D eigenvalue weighted by molar-refractivity contribution is 14.1. The van der Waals surface area contributed by atoms with Crippen molar-refractivity contribution >= 4 is 28.5 Å². The third-order valence-corrected chi connectivity index (χ3v) is 3.13. The summed E-state index contributed by atoms with van der Waals surface area (Å²) in [6.07, 6.45) is 0. The van der Waals surface area contributed by atoms with Crippen molar-refractivity contribution in [3.63, 3.8) is 0 Å². The Morgan fingerprint density at radius 1 is 1.31 bits per heavy atom. The van der Waals surface area contributed by atoms with Crippen molar-refractivity contribution in [3.8, 4) is 0 Å². The monoisotopic (exact) mass is 333 g/mol. The minimum absolute atomic E-state index is 0.0125. The average Bonchev–Trinajstić information content (AvgIpc) is 2.16. The summed E-state index contributed by atoms with van der Waals surface area (Å²) in [7, 11) is 6.33. The summed E-state index contributed by atoms with van der Waals surface area (Å²) < 4.78 is 1.84.